The van der Waals surface area contributed by atoms with E-state index in [0.29, 0.717) is 13.1 Å². The molecular weight excluding hydrogens is 456 g/mol. The van der Waals surface area contributed by atoms with Crippen LogP contribution in [0.2, 0.25) is 0 Å². The summed E-state index contributed by atoms with van der Waals surface area (Å²) < 4.78 is 4.86. The van der Waals surface area contributed by atoms with Gasteiger partial charge in [0.05, 0.1) is 29.8 Å². The molecule has 3 unspecified atom stereocenters. The Morgan fingerprint density at radius 2 is 1.88 bits per heavy atom. The highest BCUT2D eigenvalue weighted by molar-refractivity contribution is 8.02. The molecule has 192 valence electrons. The summed E-state index contributed by atoms with van der Waals surface area (Å²) in [7, 11) is 1.63. The molecule has 4 aliphatic rings. The highest BCUT2D eigenvalue weighted by Gasteiger charge is 2.75. The summed E-state index contributed by atoms with van der Waals surface area (Å²) in [6.45, 7) is 7.31. The quantitative estimate of drug-likeness (QED) is 0.347. The van der Waals surface area contributed by atoms with Crippen LogP contribution in [0.1, 0.15) is 39.0 Å². The van der Waals surface area contributed by atoms with Crippen LogP contribution in [0.15, 0.2) is 0 Å². The monoisotopic (exact) mass is 496 g/mol. The van der Waals surface area contributed by atoms with Crippen molar-refractivity contribution >= 4 is 29.5 Å². The minimum absolute atomic E-state index is 0.0364. The number of likely N-dealkylation sites (tertiary alicyclic amines) is 1. The standard InChI is InChI=1S/C24H40N4O5S/c1-16-15-17-18(21(30)25-2)19-23(32)28(8-5-3-4-6-12-29)20(24(16,19)34-17)22(31)26-7-9-27-10-13-33-14-11-27/h16-20,29H,3-15H2,1-2H3,(H,25,30)(H,26,31)/t16?,17-,18+,19-,20?,24?/m0/s1. The van der Waals surface area contributed by atoms with Crippen LogP contribution < -0.4 is 10.6 Å². The van der Waals surface area contributed by atoms with Gasteiger partial charge in [-0.2, -0.15) is 0 Å². The molecule has 0 aromatic carbocycles. The van der Waals surface area contributed by atoms with E-state index in [4.69, 9.17) is 9.84 Å². The Hall–Kier alpha value is -1.36. The molecule has 9 nitrogen and oxygen atoms in total. The Bertz CT molecular complexity index is 764. The minimum Gasteiger partial charge on any atom is -0.396 e. The molecular formula is C24H40N4O5S. The van der Waals surface area contributed by atoms with E-state index < -0.39 is 16.7 Å². The number of ether oxygens (including phenoxy) is 1. The van der Waals surface area contributed by atoms with Crippen LogP contribution in [-0.4, -0.2) is 108 Å². The first-order valence-corrected chi connectivity index (χ1v) is 13.7. The number of nitrogens with one attached hydrogen (secondary N) is 2. The lowest BCUT2D eigenvalue weighted by Crippen LogP contribution is -2.57. The molecule has 3 N–H and O–H groups in total. The summed E-state index contributed by atoms with van der Waals surface area (Å²) in [5.74, 6) is -0.837. The topological polar surface area (TPSA) is 111 Å². The van der Waals surface area contributed by atoms with E-state index in [1.165, 1.54) is 0 Å². The second-order valence-electron chi connectivity index (χ2n) is 10.1. The maximum absolute atomic E-state index is 13.8. The summed E-state index contributed by atoms with van der Waals surface area (Å²) >= 11 is 1.72. The third kappa shape index (κ3) is 4.58. The van der Waals surface area contributed by atoms with Crippen LogP contribution in [0.4, 0.5) is 0 Å². The molecule has 1 spiro atoms. The maximum atomic E-state index is 13.8. The first kappa shape index (κ1) is 25.7. The first-order chi connectivity index (χ1) is 16.5. The number of hydrogen-bond donors (Lipinski definition) is 3. The summed E-state index contributed by atoms with van der Waals surface area (Å²) in [6, 6.07) is -0.549. The molecule has 4 fully saturated rings. The lowest BCUT2D eigenvalue weighted by Gasteiger charge is -2.38. The number of fused-ring (bicyclic) bond motifs is 1. The van der Waals surface area contributed by atoms with E-state index >= 15 is 0 Å². The number of aliphatic hydroxyl groups is 1. The largest absolute Gasteiger partial charge is 0.396 e. The molecule has 0 radical (unpaired) electrons. The third-order valence-corrected chi connectivity index (χ3v) is 10.3. The van der Waals surface area contributed by atoms with Crippen molar-refractivity contribution in [3.63, 3.8) is 0 Å². The van der Waals surface area contributed by atoms with Gasteiger partial charge in [-0.25, -0.2) is 0 Å². The second kappa shape index (κ2) is 11.1. The van der Waals surface area contributed by atoms with E-state index in [9.17, 15) is 14.4 Å². The molecule has 6 atom stereocenters. The maximum Gasteiger partial charge on any atom is 0.244 e. The fraction of sp³-hybridized carbons (Fsp3) is 0.875. The van der Waals surface area contributed by atoms with Crippen LogP contribution in [0.25, 0.3) is 0 Å². The Labute approximate surface area is 206 Å². The average Bonchev–Trinajstić information content (AvgIpc) is 3.43. The summed E-state index contributed by atoms with van der Waals surface area (Å²) in [5, 5.41) is 15.0. The SMILES string of the molecule is CNC(=O)[C@@H]1[C@@H]2CC(C)C3(S2)C(C(=O)NCCN2CCOCC2)N(CCCCCCO)C(=O)[C@H]13. The molecule has 2 bridgehead atoms. The van der Waals surface area contributed by atoms with Gasteiger partial charge in [0.15, 0.2) is 0 Å². The third-order valence-electron chi connectivity index (χ3n) is 8.18. The predicted octanol–water partition coefficient (Wildman–Crippen LogP) is 0.0707. The van der Waals surface area contributed by atoms with Gasteiger partial charge in [0.25, 0.3) is 0 Å². The number of carbonyl (C=O) groups excluding carboxylic acids is 3. The van der Waals surface area contributed by atoms with Gasteiger partial charge in [-0.1, -0.05) is 19.8 Å². The predicted molar refractivity (Wildman–Crippen MR) is 130 cm³/mol. The highest BCUT2D eigenvalue weighted by Crippen LogP contribution is 2.68. The summed E-state index contributed by atoms with van der Waals surface area (Å²) in [5.41, 5.74) is 0. The van der Waals surface area contributed by atoms with E-state index in [2.05, 4.69) is 22.5 Å². The number of morpholine rings is 1. The van der Waals surface area contributed by atoms with Crippen molar-refractivity contribution in [2.75, 3.05) is 59.6 Å². The van der Waals surface area contributed by atoms with Crippen molar-refractivity contribution < 1.29 is 24.2 Å². The second-order valence-corrected chi connectivity index (χ2v) is 11.6. The van der Waals surface area contributed by atoms with Gasteiger partial charge < -0.3 is 25.4 Å². The van der Waals surface area contributed by atoms with Gasteiger partial charge in [-0.3, -0.25) is 19.3 Å². The van der Waals surface area contributed by atoms with Crippen LogP contribution in [0, 0.1) is 17.8 Å². The van der Waals surface area contributed by atoms with Crippen molar-refractivity contribution in [3.8, 4) is 0 Å². The molecule has 0 aliphatic carbocycles. The van der Waals surface area contributed by atoms with Gasteiger partial charge in [0, 0.05) is 51.6 Å². The zero-order chi connectivity index (χ0) is 24.3. The highest BCUT2D eigenvalue weighted by atomic mass is 32.2. The fourth-order valence-electron chi connectivity index (χ4n) is 6.53. The molecule has 34 heavy (non-hydrogen) atoms. The van der Waals surface area contributed by atoms with Crippen LogP contribution in [0.3, 0.4) is 0 Å². The van der Waals surface area contributed by atoms with Crippen molar-refractivity contribution in [2.24, 2.45) is 17.8 Å². The van der Waals surface area contributed by atoms with Crippen LogP contribution in [0.5, 0.6) is 0 Å². The van der Waals surface area contributed by atoms with Crippen LogP contribution >= 0.6 is 11.8 Å². The molecule has 4 aliphatic heterocycles. The van der Waals surface area contributed by atoms with Gasteiger partial charge in [-0.05, 0) is 25.2 Å². The van der Waals surface area contributed by atoms with Gasteiger partial charge in [0.1, 0.15) is 6.04 Å². The Morgan fingerprint density at radius 1 is 1.15 bits per heavy atom. The number of amides is 3. The number of unbranched alkanes of at least 4 members (excludes halogenated alkanes) is 3. The van der Waals surface area contributed by atoms with Crippen molar-refractivity contribution in [2.45, 2.75) is 55.1 Å². The fourth-order valence-corrected chi connectivity index (χ4v) is 8.96. The number of carbonyl (C=O) groups is 3. The Morgan fingerprint density at radius 3 is 2.59 bits per heavy atom. The lowest BCUT2D eigenvalue weighted by molar-refractivity contribution is -0.140. The Kier molecular flexibility index (Phi) is 8.43. The van der Waals surface area contributed by atoms with Crippen molar-refractivity contribution in [1.29, 1.82) is 0 Å². The number of nitrogens with zero attached hydrogens (tertiary/aromatic N) is 2. The molecule has 0 aromatic rings. The molecule has 0 aromatic heterocycles. The molecule has 4 saturated heterocycles. The Balaban J connectivity index is 1.51. The van der Waals surface area contributed by atoms with Crippen molar-refractivity contribution in [3.05, 3.63) is 0 Å². The summed E-state index contributed by atoms with van der Waals surface area (Å²) in [6.07, 6.45) is 4.20. The molecule has 4 rings (SSSR count). The minimum atomic E-state index is -0.549. The smallest absolute Gasteiger partial charge is 0.244 e. The van der Waals surface area contributed by atoms with Gasteiger partial charge >= 0.3 is 0 Å². The van der Waals surface area contributed by atoms with Crippen LogP contribution in [-0.2, 0) is 19.1 Å². The number of hydrogen-bond acceptors (Lipinski definition) is 7. The van der Waals surface area contributed by atoms with E-state index in [1.807, 2.05) is 0 Å². The molecule has 0 saturated carbocycles. The lowest BCUT2D eigenvalue weighted by atomic mass is 9.66. The zero-order valence-corrected chi connectivity index (χ0v) is 21.3. The molecule has 10 heteroatoms. The zero-order valence-electron chi connectivity index (χ0n) is 20.5. The number of thioether (sulfide) groups is 1. The van der Waals surface area contributed by atoms with Gasteiger partial charge in [0.2, 0.25) is 17.7 Å². The molecule has 4 heterocycles. The number of rotatable bonds is 11. The summed E-state index contributed by atoms with van der Waals surface area (Å²) in [4.78, 5) is 44.4. The average molecular weight is 497 g/mol. The number of aliphatic hydroxyl groups excluding tert-OH is 1. The normalized spacial score (nSPS) is 35.0. The first-order valence-electron chi connectivity index (χ1n) is 12.8. The van der Waals surface area contributed by atoms with E-state index in [1.54, 1.807) is 23.7 Å². The van der Waals surface area contributed by atoms with E-state index in [0.717, 1.165) is 65.0 Å². The van der Waals surface area contributed by atoms with Gasteiger partial charge in [-0.15, -0.1) is 11.8 Å². The van der Waals surface area contributed by atoms with E-state index in [-0.39, 0.29) is 41.4 Å². The van der Waals surface area contributed by atoms with Crippen molar-refractivity contribution in [1.82, 2.24) is 20.4 Å². The molecule has 3 amide bonds.